The topological polar surface area (TPSA) is 103 Å². The minimum absolute atomic E-state index is 0.172. The van der Waals surface area contributed by atoms with Crippen LogP contribution >= 0.6 is 0 Å². The number of para-hydroxylation sites is 2. The monoisotopic (exact) mass is 716 g/mol. The second-order valence-corrected chi connectivity index (χ2v) is 15.8. The number of carbonyl (C=O) groups is 2. The first-order valence-electron chi connectivity index (χ1n) is 18.7. The highest BCUT2D eigenvalue weighted by Gasteiger charge is 2.29. The Morgan fingerprint density at radius 1 is 0.792 bits per heavy atom. The lowest BCUT2D eigenvalue weighted by atomic mass is 9.90. The average Bonchev–Trinajstić information content (AvgIpc) is 3.49. The third-order valence-electron chi connectivity index (χ3n) is 9.17. The molecule has 0 spiro atoms. The van der Waals surface area contributed by atoms with Crippen molar-refractivity contribution in [3.8, 4) is 0 Å². The van der Waals surface area contributed by atoms with E-state index in [1.54, 1.807) is 15.7 Å². The third kappa shape index (κ3) is 10.1. The Labute approximate surface area is 313 Å². The van der Waals surface area contributed by atoms with Crippen molar-refractivity contribution in [2.45, 2.75) is 111 Å². The molecule has 3 heterocycles. The summed E-state index contributed by atoms with van der Waals surface area (Å²) in [4.78, 5) is 45.1. The summed E-state index contributed by atoms with van der Waals surface area (Å²) in [6.07, 6.45) is 7.42. The second-order valence-electron chi connectivity index (χ2n) is 15.8. The number of imidazole rings is 1. The molecule has 5 aromatic rings. The summed E-state index contributed by atoms with van der Waals surface area (Å²) in [5.74, 6) is 0.701. The first-order valence-corrected chi connectivity index (χ1v) is 18.7. The number of rotatable bonds is 11. The summed E-state index contributed by atoms with van der Waals surface area (Å²) < 4.78 is 13.2. The summed E-state index contributed by atoms with van der Waals surface area (Å²) in [6.45, 7) is 13.5. The molecule has 0 saturated heterocycles. The summed E-state index contributed by atoms with van der Waals surface area (Å²) >= 11 is 0. The summed E-state index contributed by atoms with van der Waals surface area (Å²) in [6, 6.07) is 26.3. The van der Waals surface area contributed by atoms with Crippen LogP contribution in [0.2, 0.25) is 0 Å². The molecular weight excluding hydrogens is 665 g/mol. The van der Waals surface area contributed by atoms with Crippen LogP contribution < -0.4 is 0 Å². The van der Waals surface area contributed by atoms with Crippen molar-refractivity contribution in [3.63, 3.8) is 0 Å². The van der Waals surface area contributed by atoms with Crippen LogP contribution in [0.25, 0.3) is 11.0 Å². The molecule has 0 radical (unpaired) electrons. The molecule has 1 unspecified atom stereocenters. The molecule has 10 nitrogen and oxygen atoms in total. The Bertz CT molecular complexity index is 2000. The lowest BCUT2D eigenvalue weighted by Crippen LogP contribution is -2.36. The molecule has 0 fully saturated rings. The van der Waals surface area contributed by atoms with Crippen LogP contribution in [0, 0.1) is 0 Å². The van der Waals surface area contributed by atoms with Crippen LogP contribution in [0.15, 0.2) is 91.3 Å². The van der Waals surface area contributed by atoms with Crippen LogP contribution in [0.4, 0.5) is 9.59 Å². The maximum absolute atomic E-state index is 13.4. The fourth-order valence-corrected chi connectivity index (χ4v) is 6.88. The third-order valence-corrected chi connectivity index (χ3v) is 9.17. The van der Waals surface area contributed by atoms with Crippen molar-refractivity contribution in [1.82, 2.24) is 29.3 Å². The predicted molar refractivity (Wildman–Crippen MR) is 206 cm³/mol. The minimum Gasteiger partial charge on any atom is -0.444 e. The number of nitrogens with zero attached hydrogens (tertiary/aromatic N) is 6. The number of carbonyl (C=O) groups excluding carboxylic acids is 2. The Morgan fingerprint density at radius 2 is 1.49 bits per heavy atom. The molecule has 278 valence electrons. The molecule has 53 heavy (non-hydrogen) atoms. The highest BCUT2D eigenvalue weighted by molar-refractivity contribution is 5.87. The fourth-order valence-electron chi connectivity index (χ4n) is 6.88. The molecule has 6 rings (SSSR count). The van der Waals surface area contributed by atoms with E-state index in [-0.39, 0.29) is 12.1 Å². The first-order chi connectivity index (χ1) is 25.3. The second kappa shape index (κ2) is 16.3. The van der Waals surface area contributed by atoms with E-state index in [0.29, 0.717) is 25.3 Å². The van der Waals surface area contributed by atoms with Gasteiger partial charge in [0.1, 0.15) is 17.0 Å². The molecule has 1 aliphatic rings. The van der Waals surface area contributed by atoms with Gasteiger partial charge < -0.3 is 9.47 Å². The van der Waals surface area contributed by atoms with Crippen molar-refractivity contribution >= 4 is 23.2 Å². The van der Waals surface area contributed by atoms with Crippen molar-refractivity contribution in [2.24, 2.45) is 0 Å². The van der Waals surface area contributed by atoms with Gasteiger partial charge in [0.05, 0.1) is 35.0 Å². The standard InChI is InChI=1S/C43H52N6O4/c1-42(2,3)52-40(50)48(30-34-16-9-10-25-44-34)29-32-23-21-31(22-24-32)28-47(37-19-11-14-33-15-12-26-45-39(33)37)27-13-20-38-46-35-17-7-8-18-36(35)49(38)41(51)53-43(4,5)6/h7-10,12,15-18,21-26,37H,11,13-14,19-20,27-30H2,1-6H3. The van der Waals surface area contributed by atoms with Crippen molar-refractivity contribution in [2.75, 3.05) is 6.54 Å². The molecule has 0 N–H and O–H groups in total. The largest absolute Gasteiger partial charge is 0.444 e. The molecule has 1 atom stereocenters. The highest BCUT2D eigenvalue weighted by Crippen LogP contribution is 2.34. The van der Waals surface area contributed by atoms with Crippen LogP contribution in [0.5, 0.6) is 0 Å². The van der Waals surface area contributed by atoms with Crippen molar-refractivity contribution < 1.29 is 19.1 Å². The van der Waals surface area contributed by atoms with E-state index in [9.17, 15) is 9.59 Å². The van der Waals surface area contributed by atoms with E-state index in [2.05, 4.69) is 40.2 Å². The fraction of sp³-hybridized carbons (Fsp3) is 0.419. The van der Waals surface area contributed by atoms with Gasteiger partial charge in [-0.1, -0.05) is 48.5 Å². The number of benzene rings is 2. The van der Waals surface area contributed by atoms with E-state index >= 15 is 0 Å². The van der Waals surface area contributed by atoms with E-state index in [4.69, 9.17) is 19.4 Å². The molecule has 0 bridgehead atoms. The number of ether oxygens (including phenoxy) is 2. The molecule has 2 aromatic carbocycles. The summed E-state index contributed by atoms with van der Waals surface area (Å²) in [5.41, 5.74) is 5.74. The number of fused-ring (bicyclic) bond motifs is 2. The van der Waals surface area contributed by atoms with E-state index < -0.39 is 17.3 Å². The zero-order chi connectivity index (χ0) is 37.6. The minimum atomic E-state index is -0.624. The van der Waals surface area contributed by atoms with Gasteiger partial charge in [0.25, 0.3) is 0 Å². The molecule has 0 aliphatic heterocycles. The molecule has 1 amide bonds. The maximum Gasteiger partial charge on any atom is 0.420 e. The molecule has 1 aliphatic carbocycles. The molecule has 3 aromatic heterocycles. The summed E-state index contributed by atoms with van der Waals surface area (Å²) in [7, 11) is 0. The van der Waals surface area contributed by atoms with Gasteiger partial charge in [0.15, 0.2) is 0 Å². The number of aryl methyl sites for hydroxylation is 2. The number of hydrogen-bond donors (Lipinski definition) is 0. The van der Waals surface area contributed by atoms with Crippen LogP contribution in [-0.4, -0.2) is 59.3 Å². The Balaban J connectivity index is 1.21. The van der Waals surface area contributed by atoms with Crippen LogP contribution in [0.3, 0.4) is 0 Å². The SMILES string of the molecule is CC(C)(C)OC(=O)N(Cc1ccc(CN(CCCc2nc3ccccc3n2C(=O)OC(C)(C)C)C2CCCc3cccnc32)cc1)Cc1ccccn1. The zero-order valence-corrected chi connectivity index (χ0v) is 31.9. The summed E-state index contributed by atoms with van der Waals surface area (Å²) in [5, 5.41) is 0. The lowest BCUT2D eigenvalue weighted by molar-refractivity contribution is 0.0213. The van der Waals surface area contributed by atoms with Gasteiger partial charge in [0, 0.05) is 31.9 Å². The van der Waals surface area contributed by atoms with Gasteiger partial charge in [-0.05, 0) is 121 Å². The predicted octanol–water partition coefficient (Wildman–Crippen LogP) is 9.06. The van der Waals surface area contributed by atoms with E-state index in [1.165, 1.54) is 11.1 Å². The lowest BCUT2D eigenvalue weighted by Gasteiger charge is -2.35. The van der Waals surface area contributed by atoms with E-state index in [0.717, 1.165) is 66.8 Å². The Kier molecular flexibility index (Phi) is 11.6. The van der Waals surface area contributed by atoms with Gasteiger partial charge >= 0.3 is 12.2 Å². The van der Waals surface area contributed by atoms with Gasteiger partial charge in [-0.15, -0.1) is 0 Å². The molecule has 0 saturated carbocycles. The average molecular weight is 717 g/mol. The quantitative estimate of drug-likeness (QED) is 0.133. The highest BCUT2D eigenvalue weighted by atomic mass is 16.6. The number of aromatic nitrogens is 4. The van der Waals surface area contributed by atoms with E-state index in [1.807, 2.05) is 96.3 Å². The van der Waals surface area contributed by atoms with Gasteiger partial charge in [-0.3, -0.25) is 19.8 Å². The first kappa shape index (κ1) is 37.7. The van der Waals surface area contributed by atoms with Crippen LogP contribution in [-0.2, 0) is 41.9 Å². The molecule has 10 heteroatoms. The van der Waals surface area contributed by atoms with Gasteiger partial charge in [0.2, 0.25) is 0 Å². The number of hydrogen-bond acceptors (Lipinski definition) is 8. The zero-order valence-electron chi connectivity index (χ0n) is 31.9. The molecular formula is C43H52N6O4. The van der Waals surface area contributed by atoms with Crippen molar-refractivity contribution in [1.29, 1.82) is 0 Å². The smallest absolute Gasteiger partial charge is 0.420 e. The van der Waals surface area contributed by atoms with Gasteiger partial charge in [-0.2, -0.15) is 0 Å². The number of pyridine rings is 2. The Morgan fingerprint density at radius 3 is 2.21 bits per heavy atom. The number of amides is 1. The Hall–Kier alpha value is -5.09. The normalized spacial score (nSPS) is 14.6. The maximum atomic E-state index is 13.4. The van der Waals surface area contributed by atoms with Gasteiger partial charge in [-0.25, -0.2) is 19.1 Å². The van der Waals surface area contributed by atoms with Crippen LogP contribution in [0.1, 0.15) is 101 Å². The van der Waals surface area contributed by atoms with Crippen molar-refractivity contribution in [3.05, 3.63) is 125 Å².